The van der Waals surface area contributed by atoms with Crippen LogP contribution in [0.3, 0.4) is 0 Å². The van der Waals surface area contributed by atoms with Crippen molar-refractivity contribution in [1.82, 2.24) is 9.80 Å². The lowest BCUT2D eigenvalue weighted by Gasteiger charge is -2.26. The molecule has 0 radical (unpaired) electrons. The number of likely N-dealkylation sites (tertiary alicyclic amines) is 1. The smallest absolute Gasteiger partial charge is 0.317 e. The maximum Gasteiger partial charge on any atom is 0.317 e. The van der Waals surface area contributed by atoms with E-state index in [-0.39, 0.29) is 30.7 Å². The Balaban J connectivity index is 1.60. The number of hydrogen-bond donors (Lipinski definition) is 1. The van der Waals surface area contributed by atoms with Crippen LogP contribution in [0.1, 0.15) is 24.8 Å². The predicted molar refractivity (Wildman–Crippen MR) is 103 cm³/mol. The van der Waals surface area contributed by atoms with Gasteiger partial charge in [-0.25, -0.2) is 0 Å². The topological polar surface area (TPSA) is 107 Å². The molecule has 28 heavy (non-hydrogen) atoms. The van der Waals surface area contributed by atoms with E-state index in [1.807, 2.05) is 11.9 Å². The zero-order valence-electron chi connectivity index (χ0n) is 16.0. The number of carboxylic acid groups (broad SMARTS) is 1. The summed E-state index contributed by atoms with van der Waals surface area (Å²) in [6, 6.07) is 4.90. The van der Waals surface area contributed by atoms with Gasteiger partial charge in [0.15, 0.2) is 0 Å². The Morgan fingerprint density at radius 3 is 2.79 bits per heavy atom. The van der Waals surface area contributed by atoms with Crippen LogP contribution in [0, 0.1) is 10.1 Å². The molecular weight excluding hydrogens is 364 g/mol. The van der Waals surface area contributed by atoms with E-state index in [1.165, 1.54) is 12.1 Å². The molecule has 1 aromatic carbocycles. The van der Waals surface area contributed by atoms with Crippen molar-refractivity contribution in [3.63, 3.8) is 0 Å². The summed E-state index contributed by atoms with van der Waals surface area (Å²) in [5.41, 5.74) is 1.61. The first-order valence-corrected chi connectivity index (χ1v) is 9.57. The number of hydrogen-bond acceptors (Lipinski definition) is 6. The minimum absolute atomic E-state index is 0.00229. The van der Waals surface area contributed by atoms with Gasteiger partial charge in [-0.2, -0.15) is 0 Å². The first-order chi connectivity index (χ1) is 13.3. The number of non-ortho nitro benzene ring substituents is 1. The highest BCUT2D eigenvalue weighted by atomic mass is 16.6. The number of fused-ring (bicyclic) bond motifs is 1. The van der Waals surface area contributed by atoms with E-state index in [0.29, 0.717) is 18.7 Å². The lowest BCUT2D eigenvalue weighted by Crippen LogP contribution is -2.41. The molecular formula is C19H26N4O5. The van der Waals surface area contributed by atoms with E-state index in [9.17, 15) is 19.7 Å². The average molecular weight is 390 g/mol. The predicted octanol–water partition coefficient (Wildman–Crippen LogP) is 1.35. The minimum Gasteiger partial charge on any atom is -0.480 e. The lowest BCUT2D eigenvalue weighted by molar-refractivity contribution is -0.384. The van der Waals surface area contributed by atoms with Crippen LogP contribution < -0.4 is 4.90 Å². The standard InChI is InChI=1S/C19H26N4O5/c1-20(13-19(25)26)15-3-2-8-21(9-7-15)12-18(24)22-10-6-14-4-5-16(23(27)28)11-17(14)22/h4-5,11,15H,2-3,6-10,12-13H2,1H3,(H,25,26). The third-order valence-corrected chi connectivity index (χ3v) is 5.63. The second-order valence-electron chi connectivity index (χ2n) is 7.54. The molecule has 1 aromatic rings. The Morgan fingerprint density at radius 1 is 1.29 bits per heavy atom. The van der Waals surface area contributed by atoms with Gasteiger partial charge in [0.1, 0.15) is 0 Å². The van der Waals surface area contributed by atoms with E-state index in [2.05, 4.69) is 4.90 Å². The Hall–Kier alpha value is -2.52. The van der Waals surface area contributed by atoms with Crippen molar-refractivity contribution in [2.24, 2.45) is 0 Å². The molecule has 1 N–H and O–H groups in total. The van der Waals surface area contributed by atoms with Gasteiger partial charge in [0.25, 0.3) is 5.69 Å². The molecule has 3 rings (SSSR count). The van der Waals surface area contributed by atoms with Crippen molar-refractivity contribution < 1.29 is 19.6 Å². The molecule has 9 nitrogen and oxygen atoms in total. The monoisotopic (exact) mass is 390 g/mol. The van der Waals surface area contributed by atoms with Gasteiger partial charge in [-0.3, -0.25) is 29.5 Å². The van der Waals surface area contributed by atoms with Gasteiger partial charge in [0, 0.05) is 31.3 Å². The maximum atomic E-state index is 12.9. The molecule has 1 amide bonds. The van der Waals surface area contributed by atoms with E-state index in [1.54, 1.807) is 11.0 Å². The number of benzene rings is 1. The molecule has 0 bridgehead atoms. The zero-order valence-corrected chi connectivity index (χ0v) is 16.0. The molecule has 0 aromatic heterocycles. The quantitative estimate of drug-likeness (QED) is 0.577. The molecule has 2 heterocycles. The van der Waals surface area contributed by atoms with Crippen LogP contribution in [0.15, 0.2) is 18.2 Å². The van der Waals surface area contributed by atoms with Gasteiger partial charge in [-0.05, 0) is 44.8 Å². The molecule has 1 unspecified atom stereocenters. The summed E-state index contributed by atoms with van der Waals surface area (Å²) in [7, 11) is 1.83. The van der Waals surface area contributed by atoms with Crippen LogP contribution in [0.4, 0.5) is 11.4 Å². The highest BCUT2D eigenvalue weighted by Gasteiger charge is 2.29. The summed E-state index contributed by atoms with van der Waals surface area (Å²) >= 11 is 0. The van der Waals surface area contributed by atoms with Gasteiger partial charge < -0.3 is 10.0 Å². The van der Waals surface area contributed by atoms with Gasteiger partial charge in [-0.15, -0.1) is 0 Å². The molecule has 152 valence electrons. The summed E-state index contributed by atoms with van der Waals surface area (Å²) in [5.74, 6) is -0.878. The highest BCUT2D eigenvalue weighted by molar-refractivity contribution is 5.97. The zero-order chi connectivity index (χ0) is 20.3. The summed E-state index contributed by atoms with van der Waals surface area (Å²) in [6.45, 7) is 2.37. The fourth-order valence-electron chi connectivity index (χ4n) is 4.10. The maximum absolute atomic E-state index is 12.9. The number of carbonyl (C=O) groups is 2. The van der Waals surface area contributed by atoms with Crippen molar-refractivity contribution in [2.45, 2.75) is 31.7 Å². The fourth-order valence-corrected chi connectivity index (χ4v) is 4.10. The number of carboxylic acids is 1. The Labute approximate surface area is 163 Å². The number of anilines is 1. The van der Waals surface area contributed by atoms with Crippen LogP contribution in [-0.4, -0.2) is 77.5 Å². The highest BCUT2D eigenvalue weighted by Crippen LogP contribution is 2.32. The molecule has 0 saturated carbocycles. The van der Waals surface area contributed by atoms with Gasteiger partial charge in [-0.1, -0.05) is 6.07 Å². The Morgan fingerprint density at radius 2 is 2.07 bits per heavy atom. The molecule has 1 saturated heterocycles. The van der Waals surface area contributed by atoms with Crippen LogP contribution >= 0.6 is 0 Å². The van der Waals surface area contributed by atoms with Crippen molar-refractivity contribution in [3.05, 3.63) is 33.9 Å². The molecule has 1 atom stereocenters. The number of aliphatic carboxylic acids is 1. The van der Waals surface area contributed by atoms with E-state index >= 15 is 0 Å². The normalized spacial score (nSPS) is 20.1. The molecule has 9 heteroatoms. The number of rotatable bonds is 6. The molecule has 2 aliphatic heterocycles. The fraction of sp³-hybridized carbons (Fsp3) is 0.579. The molecule has 1 fully saturated rings. The largest absolute Gasteiger partial charge is 0.480 e. The van der Waals surface area contributed by atoms with Crippen molar-refractivity contribution in [2.75, 3.05) is 44.7 Å². The average Bonchev–Trinajstić information content (AvgIpc) is 2.92. The van der Waals surface area contributed by atoms with E-state index < -0.39 is 10.9 Å². The number of carbonyl (C=O) groups excluding carboxylic acids is 1. The lowest BCUT2D eigenvalue weighted by atomic mass is 10.1. The minimum atomic E-state index is -0.833. The summed E-state index contributed by atoms with van der Waals surface area (Å²) in [6.07, 6.45) is 3.34. The molecule has 0 aliphatic carbocycles. The van der Waals surface area contributed by atoms with Gasteiger partial charge in [0.05, 0.1) is 23.7 Å². The van der Waals surface area contributed by atoms with Crippen LogP contribution in [0.2, 0.25) is 0 Å². The first-order valence-electron chi connectivity index (χ1n) is 9.57. The van der Waals surface area contributed by atoms with Crippen LogP contribution in [0.5, 0.6) is 0 Å². The Kier molecular flexibility index (Phi) is 6.25. The van der Waals surface area contributed by atoms with Crippen molar-refractivity contribution >= 4 is 23.3 Å². The number of amides is 1. The van der Waals surface area contributed by atoms with Gasteiger partial charge >= 0.3 is 5.97 Å². The second kappa shape index (κ2) is 8.66. The number of likely N-dealkylation sites (N-methyl/N-ethyl adjacent to an activating group) is 1. The van der Waals surface area contributed by atoms with Gasteiger partial charge in [0.2, 0.25) is 5.91 Å². The molecule has 2 aliphatic rings. The number of nitrogens with zero attached hydrogens (tertiary/aromatic N) is 4. The second-order valence-corrected chi connectivity index (χ2v) is 7.54. The summed E-state index contributed by atoms with van der Waals surface area (Å²) in [4.78, 5) is 40.0. The summed E-state index contributed by atoms with van der Waals surface area (Å²) < 4.78 is 0. The summed E-state index contributed by atoms with van der Waals surface area (Å²) in [5, 5.41) is 20.0. The van der Waals surface area contributed by atoms with Crippen LogP contribution in [0.25, 0.3) is 0 Å². The SMILES string of the molecule is CN(CC(=O)O)C1CCCN(CC(=O)N2CCc3ccc([N+](=O)[O-])cc32)CC1. The van der Waals surface area contributed by atoms with Crippen LogP contribution in [-0.2, 0) is 16.0 Å². The van der Waals surface area contributed by atoms with E-state index in [0.717, 1.165) is 37.9 Å². The van der Waals surface area contributed by atoms with Crippen molar-refractivity contribution in [3.8, 4) is 0 Å². The van der Waals surface area contributed by atoms with E-state index in [4.69, 9.17) is 5.11 Å². The van der Waals surface area contributed by atoms with Crippen molar-refractivity contribution in [1.29, 1.82) is 0 Å². The first kappa shape index (κ1) is 20.2. The number of nitro groups is 1. The number of nitro benzene ring substituents is 1. The third kappa shape index (κ3) is 4.66. The molecule has 0 spiro atoms. The third-order valence-electron chi connectivity index (χ3n) is 5.63. The Bertz CT molecular complexity index is 769.